The molecule has 4 rings (SSSR count). The molecule has 1 aliphatic carbocycles. The Labute approximate surface area is 143 Å². The SMILES string of the molecule is CC(c1ccc(OCC2CC2)cc1)c1ccc(OCC2CO2)cc1. The predicted molar refractivity (Wildman–Crippen MR) is 93.9 cm³/mol. The lowest BCUT2D eigenvalue weighted by Gasteiger charge is -2.14. The molecule has 0 aromatic heterocycles. The first kappa shape index (κ1) is 15.5. The molecule has 2 aliphatic rings. The van der Waals surface area contributed by atoms with Crippen LogP contribution in [0.15, 0.2) is 48.5 Å². The van der Waals surface area contributed by atoms with Crippen molar-refractivity contribution in [1.29, 1.82) is 0 Å². The fourth-order valence-electron chi connectivity index (χ4n) is 2.75. The van der Waals surface area contributed by atoms with Crippen molar-refractivity contribution in [2.45, 2.75) is 31.8 Å². The van der Waals surface area contributed by atoms with Gasteiger partial charge in [0.2, 0.25) is 0 Å². The van der Waals surface area contributed by atoms with Crippen molar-refractivity contribution in [3.8, 4) is 11.5 Å². The highest BCUT2D eigenvalue weighted by molar-refractivity contribution is 5.37. The van der Waals surface area contributed by atoms with E-state index in [0.29, 0.717) is 18.6 Å². The predicted octanol–water partition coefficient (Wildman–Crippen LogP) is 4.40. The van der Waals surface area contributed by atoms with Gasteiger partial charge in [-0.25, -0.2) is 0 Å². The molecule has 2 atom stereocenters. The van der Waals surface area contributed by atoms with Crippen molar-refractivity contribution < 1.29 is 14.2 Å². The van der Waals surface area contributed by atoms with E-state index in [0.717, 1.165) is 30.6 Å². The first-order valence-electron chi connectivity index (χ1n) is 8.85. The molecular weight excluding hydrogens is 300 g/mol. The summed E-state index contributed by atoms with van der Waals surface area (Å²) in [7, 11) is 0. The highest BCUT2D eigenvalue weighted by Gasteiger charge is 2.23. The van der Waals surface area contributed by atoms with Crippen LogP contribution in [-0.4, -0.2) is 25.9 Å². The first-order valence-corrected chi connectivity index (χ1v) is 8.85. The highest BCUT2D eigenvalue weighted by atomic mass is 16.6. The van der Waals surface area contributed by atoms with E-state index in [9.17, 15) is 0 Å². The average Bonchev–Trinajstić information content (AvgIpc) is 3.53. The third-order valence-electron chi connectivity index (χ3n) is 4.78. The van der Waals surface area contributed by atoms with Gasteiger partial charge in [-0.15, -0.1) is 0 Å². The molecule has 126 valence electrons. The molecule has 1 aliphatic heterocycles. The Morgan fingerprint density at radius 1 is 0.875 bits per heavy atom. The van der Waals surface area contributed by atoms with Crippen LogP contribution in [0.2, 0.25) is 0 Å². The van der Waals surface area contributed by atoms with Gasteiger partial charge in [0.1, 0.15) is 24.2 Å². The fourth-order valence-corrected chi connectivity index (χ4v) is 2.75. The zero-order valence-corrected chi connectivity index (χ0v) is 14.1. The maximum atomic E-state index is 5.81. The minimum atomic E-state index is 0.296. The second-order valence-corrected chi connectivity index (χ2v) is 6.88. The van der Waals surface area contributed by atoms with E-state index in [1.54, 1.807) is 0 Å². The Hall–Kier alpha value is -2.00. The number of rotatable bonds is 8. The lowest BCUT2D eigenvalue weighted by atomic mass is 9.93. The summed E-state index contributed by atoms with van der Waals surface area (Å²) < 4.78 is 16.7. The summed E-state index contributed by atoms with van der Waals surface area (Å²) in [6, 6.07) is 16.9. The summed E-state index contributed by atoms with van der Waals surface area (Å²) in [6.07, 6.45) is 2.94. The van der Waals surface area contributed by atoms with Crippen LogP contribution in [0.25, 0.3) is 0 Å². The van der Waals surface area contributed by atoms with E-state index in [2.05, 4.69) is 43.3 Å². The van der Waals surface area contributed by atoms with Gasteiger partial charge >= 0.3 is 0 Å². The van der Waals surface area contributed by atoms with Crippen LogP contribution in [0.4, 0.5) is 0 Å². The molecule has 1 saturated carbocycles. The van der Waals surface area contributed by atoms with Crippen LogP contribution in [0.3, 0.4) is 0 Å². The third-order valence-corrected chi connectivity index (χ3v) is 4.78. The molecule has 0 amide bonds. The molecule has 2 aromatic carbocycles. The summed E-state index contributed by atoms with van der Waals surface area (Å²) >= 11 is 0. The van der Waals surface area contributed by atoms with Crippen LogP contribution < -0.4 is 9.47 Å². The Bertz CT molecular complexity index is 595. The summed E-state index contributed by atoms with van der Waals surface area (Å²) in [4.78, 5) is 0. The van der Waals surface area contributed by atoms with Crippen molar-refractivity contribution in [3.63, 3.8) is 0 Å². The van der Waals surface area contributed by atoms with Gasteiger partial charge in [0, 0.05) is 5.92 Å². The topological polar surface area (TPSA) is 31.0 Å². The van der Waals surface area contributed by atoms with E-state index >= 15 is 0 Å². The summed E-state index contributed by atoms with van der Waals surface area (Å²) in [6.45, 7) is 4.57. The number of epoxide rings is 1. The van der Waals surface area contributed by atoms with Crippen LogP contribution in [0.1, 0.15) is 36.8 Å². The van der Waals surface area contributed by atoms with Gasteiger partial charge < -0.3 is 14.2 Å². The largest absolute Gasteiger partial charge is 0.493 e. The number of benzene rings is 2. The van der Waals surface area contributed by atoms with E-state index in [-0.39, 0.29) is 0 Å². The molecule has 2 fully saturated rings. The lowest BCUT2D eigenvalue weighted by Crippen LogP contribution is -2.04. The molecular formula is C21H24O3. The second kappa shape index (κ2) is 6.86. The zero-order valence-electron chi connectivity index (χ0n) is 14.1. The Balaban J connectivity index is 1.35. The fraction of sp³-hybridized carbons (Fsp3) is 0.429. The Morgan fingerprint density at radius 3 is 1.83 bits per heavy atom. The molecule has 3 heteroatoms. The minimum Gasteiger partial charge on any atom is -0.493 e. The van der Waals surface area contributed by atoms with Crippen molar-refractivity contribution in [1.82, 2.24) is 0 Å². The van der Waals surface area contributed by atoms with E-state index in [1.165, 1.54) is 24.0 Å². The van der Waals surface area contributed by atoms with E-state index < -0.39 is 0 Å². The summed E-state index contributed by atoms with van der Waals surface area (Å²) in [5.74, 6) is 3.02. The number of hydrogen-bond donors (Lipinski definition) is 0. The van der Waals surface area contributed by atoms with Crippen LogP contribution in [-0.2, 0) is 4.74 Å². The van der Waals surface area contributed by atoms with Gasteiger partial charge in [-0.2, -0.15) is 0 Å². The van der Waals surface area contributed by atoms with Crippen molar-refractivity contribution in [2.75, 3.05) is 19.8 Å². The van der Waals surface area contributed by atoms with Gasteiger partial charge in [-0.3, -0.25) is 0 Å². The van der Waals surface area contributed by atoms with E-state index in [1.807, 2.05) is 12.1 Å². The molecule has 2 unspecified atom stereocenters. The quantitative estimate of drug-likeness (QED) is 0.674. The van der Waals surface area contributed by atoms with Crippen molar-refractivity contribution >= 4 is 0 Å². The molecule has 1 heterocycles. The van der Waals surface area contributed by atoms with Gasteiger partial charge in [-0.05, 0) is 54.2 Å². The Kier molecular flexibility index (Phi) is 4.44. The molecule has 0 spiro atoms. The maximum Gasteiger partial charge on any atom is 0.119 e. The first-order chi connectivity index (χ1) is 11.8. The van der Waals surface area contributed by atoms with Crippen LogP contribution in [0.5, 0.6) is 11.5 Å². The highest BCUT2D eigenvalue weighted by Crippen LogP contribution is 2.31. The van der Waals surface area contributed by atoms with Crippen molar-refractivity contribution in [2.24, 2.45) is 5.92 Å². The van der Waals surface area contributed by atoms with Crippen LogP contribution >= 0.6 is 0 Å². The van der Waals surface area contributed by atoms with Gasteiger partial charge in [0.15, 0.2) is 0 Å². The summed E-state index contributed by atoms with van der Waals surface area (Å²) in [5, 5.41) is 0. The third kappa shape index (κ3) is 4.09. The molecule has 0 N–H and O–H groups in total. The second-order valence-electron chi connectivity index (χ2n) is 6.88. The Morgan fingerprint density at radius 2 is 1.38 bits per heavy atom. The van der Waals surface area contributed by atoms with Gasteiger partial charge in [-0.1, -0.05) is 31.2 Å². The van der Waals surface area contributed by atoms with Gasteiger partial charge in [0.05, 0.1) is 13.2 Å². The summed E-state index contributed by atoms with van der Waals surface area (Å²) in [5.41, 5.74) is 2.59. The molecule has 1 saturated heterocycles. The lowest BCUT2D eigenvalue weighted by molar-refractivity contribution is 0.263. The smallest absolute Gasteiger partial charge is 0.119 e. The monoisotopic (exact) mass is 324 g/mol. The molecule has 0 bridgehead atoms. The van der Waals surface area contributed by atoms with Crippen LogP contribution in [0, 0.1) is 5.92 Å². The molecule has 0 radical (unpaired) electrons. The number of hydrogen-bond acceptors (Lipinski definition) is 3. The standard InChI is InChI=1S/C21H24O3/c1-15(17-4-8-19(9-5-17)22-12-16-2-3-16)18-6-10-20(11-7-18)23-13-21-14-24-21/h4-11,15-16,21H,2-3,12-14H2,1H3. The number of ether oxygens (including phenoxy) is 3. The average molecular weight is 324 g/mol. The zero-order chi connectivity index (χ0) is 16.4. The van der Waals surface area contributed by atoms with Gasteiger partial charge in [0.25, 0.3) is 0 Å². The molecule has 2 aromatic rings. The maximum absolute atomic E-state index is 5.81. The normalized spacial score (nSPS) is 20.5. The molecule has 3 nitrogen and oxygen atoms in total. The molecule has 24 heavy (non-hydrogen) atoms. The minimum absolute atomic E-state index is 0.296. The van der Waals surface area contributed by atoms with E-state index in [4.69, 9.17) is 14.2 Å². The van der Waals surface area contributed by atoms with Crippen molar-refractivity contribution in [3.05, 3.63) is 59.7 Å².